The number of rotatable bonds is 8. The number of phenols is 1. The van der Waals surface area contributed by atoms with Crippen LogP contribution >= 0.6 is 0 Å². The molecule has 5 heteroatoms. The number of fused-ring (bicyclic) bond motifs is 1. The molecule has 0 spiro atoms. The molecule has 194 valence electrons. The number of likely N-dealkylation sites (tertiary alicyclic amines) is 1. The van der Waals surface area contributed by atoms with Gasteiger partial charge in [-0.2, -0.15) is 0 Å². The van der Waals surface area contributed by atoms with E-state index in [0.717, 1.165) is 68.9 Å². The van der Waals surface area contributed by atoms with E-state index in [9.17, 15) is 9.90 Å². The Hall–Kier alpha value is -2.37. The summed E-state index contributed by atoms with van der Waals surface area (Å²) in [4.78, 5) is 18.6. The smallest absolute Gasteiger partial charge is 0.254 e. The Labute approximate surface area is 216 Å². The Balaban J connectivity index is 1.52. The predicted octanol–water partition coefficient (Wildman–Crippen LogP) is 5.48. The number of phenolic OH excluding ortho intramolecular Hbond substituents is 1. The van der Waals surface area contributed by atoms with E-state index in [1.165, 1.54) is 12.8 Å². The summed E-state index contributed by atoms with van der Waals surface area (Å²) in [6, 6.07) is 17.7. The van der Waals surface area contributed by atoms with E-state index in [1.807, 2.05) is 49.6 Å². The highest BCUT2D eigenvalue weighted by Crippen LogP contribution is 2.55. The number of hydrogen-bond acceptors (Lipinski definition) is 4. The number of benzene rings is 2. The molecule has 0 bridgehead atoms. The van der Waals surface area contributed by atoms with Gasteiger partial charge >= 0.3 is 0 Å². The summed E-state index contributed by atoms with van der Waals surface area (Å²) in [5.74, 6) is 1.64. The van der Waals surface area contributed by atoms with Gasteiger partial charge in [0.25, 0.3) is 5.91 Å². The minimum atomic E-state index is -0.330. The van der Waals surface area contributed by atoms with Crippen molar-refractivity contribution < 1.29 is 14.6 Å². The molecule has 1 heterocycles. The minimum absolute atomic E-state index is 0.122. The summed E-state index contributed by atoms with van der Waals surface area (Å²) in [5.41, 5.74) is 1.32. The molecule has 0 radical (unpaired) electrons. The van der Waals surface area contributed by atoms with Crippen molar-refractivity contribution in [3.8, 4) is 5.75 Å². The van der Waals surface area contributed by atoms with Gasteiger partial charge in [-0.3, -0.25) is 4.79 Å². The highest BCUT2D eigenvalue weighted by atomic mass is 16.5. The van der Waals surface area contributed by atoms with Crippen molar-refractivity contribution >= 4 is 5.91 Å². The normalized spacial score (nSPS) is 28.6. The lowest BCUT2D eigenvalue weighted by Crippen LogP contribution is -2.68. The van der Waals surface area contributed by atoms with Gasteiger partial charge in [0.15, 0.2) is 0 Å². The summed E-state index contributed by atoms with van der Waals surface area (Å²) in [5, 5.41) is 10.5. The number of methoxy groups -OCH3 is 1. The first-order chi connectivity index (χ1) is 17.4. The van der Waals surface area contributed by atoms with Crippen molar-refractivity contribution in [2.75, 3.05) is 33.3 Å². The molecule has 5 rings (SSSR count). The molecule has 2 unspecified atom stereocenters. The lowest BCUT2D eigenvalue weighted by atomic mass is 9.55. The highest BCUT2D eigenvalue weighted by Gasteiger charge is 2.60. The molecular formula is C31H42N2O3. The monoisotopic (exact) mass is 490 g/mol. The zero-order chi connectivity index (χ0) is 25.3. The fourth-order valence-corrected chi connectivity index (χ4v) is 6.99. The second-order valence-corrected chi connectivity index (χ2v) is 11.9. The molecular weight excluding hydrogens is 448 g/mol. The van der Waals surface area contributed by atoms with Crippen LogP contribution < -0.4 is 0 Å². The highest BCUT2D eigenvalue weighted by molar-refractivity contribution is 5.94. The predicted molar refractivity (Wildman–Crippen MR) is 143 cm³/mol. The molecule has 2 aliphatic carbocycles. The van der Waals surface area contributed by atoms with Crippen LogP contribution in [-0.4, -0.2) is 65.7 Å². The Morgan fingerprint density at radius 3 is 2.56 bits per heavy atom. The Morgan fingerprint density at radius 1 is 1.11 bits per heavy atom. The van der Waals surface area contributed by atoms with E-state index in [-0.39, 0.29) is 23.0 Å². The molecule has 1 saturated heterocycles. The van der Waals surface area contributed by atoms with Gasteiger partial charge in [0.2, 0.25) is 0 Å². The van der Waals surface area contributed by atoms with Crippen molar-refractivity contribution in [2.45, 2.75) is 69.4 Å². The van der Waals surface area contributed by atoms with Crippen molar-refractivity contribution in [2.24, 2.45) is 11.8 Å². The van der Waals surface area contributed by atoms with E-state index >= 15 is 0 Å². The average Bonchev–Trinajstić information content (AvgIpc) is 3.71. The molecule has 2 saturated carbocycles. The van der Waals surface area contributed by atoms with Crippen LogP contribution in [0.25, 0.3) is 0 Å². The van der Waals surface area contributed by atoms with Crippen LogP contribution in [0, 0.1) is 11.8 Å². The number of ether oxygens (including phenoxy) is 1. The molecule has 3 fully saturated rings. The van der Waals surface area contributed by atoms with Gasteiger partial charge in [-0.25, -0.2) is 0 Å². The first-order valence-corrected chi connectivity index (χ1v) is 13.8. The second kappa shape index (κ2) is 10.2. The first-order valence-electron chi connectivity index (χ1n) is 13.8. The molecule has 3 aliphatic rings. The van der Waals surface area contributed by atoms with Crippen molar-refractivity contribution in [3.05, 3.63) is 65.7 Å². The quantitative estimate of drug-likeness (QED) is 0.532. The van der Waals surface area contributed by atoms with Crippen molar-refractivity contribution in [1.29, 1.82) is 0 Å². The second-order valence-electron chi connectivity index (χ2n) is 11.9. The third kappa shape index (κ3) is 4.80. The molecule has 1 aliphatic heterocycles. The Kier molecular flexibility index (Phi) is 7.15. The standard InChI is InChI=1S/C31H42N2O3/c1-23(2)20-33(29(35)25-8-5-4-6-9-25)27-14-15-31(36-3)22-32(21-24-12-13-24)17-16-30(31,19-27)26-10-7-11-28(34)18-26/h4-11,18,23-24,27,34H,12-17,19-22H2,1-3H3/t27-,30?,31?/m0/s1. The van der Waals surface area contributed by atoms with Crippen LogP contribution in [0.5, 0.6) is 5.75 Å². The van der Waals surface area contributed by atoms with E-state index in [2.05, 4.69) is 29.7 Å². The topological polar surface area (TPSA) is 53.0 Å². The van der Waals surface area contributed by atoms with Crippen LogP contribution in [0.15, 0.2) is 54.6 Å². The van der Waals surface area contributed by atoms with Gasteiger partial charge in [-0.05, 0) is 86.7 Å². The number of carbonyl (C=O) groups is 1. The van der Waals surface area contributed by atoms with E-state index < -0.39 is 0 Å². The molecule has 1 N–H and O–H groups in total. The maximum absolute atomic E-state index is 13.8. The van der Waals surface area contributed by atoms with Crippen LogP contribution in [-0.2, 0) is 10.2 Å². The third-order valence-electron chi connectivity index (χ3n) is 8.96. The SMILES string of the molecule is COC12CC[C@H](N(CC(C)C)C(=O)c3ccccc3)CC1(c1cccc(O)c1)CCN(CC1CC1)C2. The van der Waals surface area contributed by atoms with Gasteiger partial charge in [0.05, 0.1) is 5.60 Å². The molecule has 2 aromatic rings. The van der Waals surface area contributed by atoms with Gasteiger partial charge in [-0.1, -0.05) is 44.2 Å². The van der Waals surface area contributed by atoms with Crippen LogP contribution in [0.1, 0.15) is 68.3 Å². The van der Waals surface area contributed by atoms with Crippen LogP contribution in [0.3, 0.4) is 0 Å². The lowest BCUT2D eigenvalue weighted by molar-refractivity contribution is -0.155. The number of amides is 1. The van der Waals surface area contributed by atoms with Crippen molar-refractivity contribution in [1.82, 2.24) is 9.80 Å². The Morgan fingerprint density at radius 2 is 1.89 bits per heavy atom. The number of hydrogen-bond donors (Lipinski definition) is 1. The van der Waals surface area contributed by atoms with E-state index in [1.54, 1.807) is 6.07 Å². The molecule has 3 atom stereocenters. The number of piperidine rings is 1. The maximum Gasteiger partial charge on any atom is 0.254 e. The molecule has 1 amide bonds. The Bertz CT molecular complexity index is 1050. The lowest BCUT2D eigenvalue weighted by Gasteiger charge is -2.61. The molecule has 36 heavy (non-hydrogen) atoms. The van der Waals surface area contributed by atoms with Gasteiger partial charge in [-0.15, -0.1) is 0 Å². The first kappa shape index (κ1) is 25.3. The summed E-state index contributed by atoms with van der Waals surface area (Å²) >= 11 is 0. The largest absolute Gasteiger partial charge is 0.508 e. The average molecular weight is 491 g/mol. The van der Waals surface area contributed by atoms with E-state index in [4.69, 9.17) is 4.74 Å². The van der Waals surface area contributed by atoms with Crippen molar-refractivity contribution in [3.63, 3.8) is 0 Å². The number of aromatic hydroxyl groups is 1. The molecule has 0 aromatic heterocycles. The maximum atomic E-state index is 13.8. The summed E-state index contributed by atoms with van der Waals surface area (Å²) < 4.78 is 6.54. The van der Waals surface area contributed by atoms with Crippen LogP contribution in [0.2, 0.25) is 0 Å². The number of nitrogens with zero attached hydrogens (tertiary/aromatic N) is 2. The molecule has 5 nitrogen and oxygen atoms in total. The zero-order valence-electron chi connectivity index (χ0n) is 22.2. The fourth-order valence-electron chi connectivity index (χ4n) is 6.99. The van der Waals surface area contributed by atoms with Gasteiger partial charge < -0.3 is 19.6 Å². The molecule has 2 aromatic carbocycles. The van der Waals surface area contributed by atoms with E-state index in [0.29, 0.717) is 11.7 Å². The van der Waals surface area contributed by atoms with Crippen LogP contribution in [0.4, 0.5) is 0 Å². The summed E-state index contributed by atoms with van der Waals surface area (Å²) in [7, 11) is 1.87. The fraction of sp³-hybridized carbons (Fsp3) is 0.581. The van der Waals surface area contributed by atoms with Gasteiger partial charge in [0, 0.05) is 43.8 Å². The zero-order valence-corrected chi connectivity index (χ0v) is 22.2. The summed E-state index contributed by atoms with van der Waals surface area (Å²) in [6.45, 7) is 8.22. The minimum Gasteiger partial charge on any atom is -0.508 e. The van der Waals surface area contributed by atoms with Gasteiger partial charge in [0.1, 0.15) is 5.75 Å². The third-order valence-corrected chi connectivity index (χ3v) is 8.96. The number of carbonyl (C=O) groups excluding carboxylic acids is 1. The summed E-state index contributed by atoms with van der Waals surface area (Å²) in [6.07, 6.45) is 6.36.